The molecule has 2 atom stereocenters. The summed E-state index contributed by atoms with van der Waals surface area (Å²) >= 11 is 0. The number of likely N-dealkylation sites (tertiary alicyclic amines) is 1. The average molecular weight is 210 g/mol. The van der Waals surface area contributed by atoms with Crippen molar-refractivity contribution in [3.05, 3.63) is 0 Å². The maximum absolute atomic E-state index is 3.64. The van der Waals surface area contributed by atoms with E-state index in [4.69, 9.17) is 0 Å². The van der Waals surface area contributed by atoms with E-state index in [1.165, 1.54) is 64.7 Å². The van der Waals surface area contributed by atoms with E-state index in [1.54, 1.807) is 0 Å². The predicted octanol–water partition coefficient (Wildman–Crippen LogP) is 2.25. The molecule has 0 aromatic rings. The average Bonchev–Trinajstić information content (AvgIpc) is 2.28. The van der Waals surface area contributed by atoms with Crippen LogP contribution in [0.1, 0.15) is 45.4 Å². The van der Waals surface area contributed by atoms with Gasteiger partial charge in [-0.3, -0.25) is 0 Å². The molecule has 2 aliphatic rings. The van der Waals surface area contributed by atoms with Gasteiger partial charge in [0.25, 0.3) is 0 Å². The van der Waals surface area contributed by atoms with Crippen molar-refractivity contribution in [2.24, 2.45) is 5.92 Å². The van der Waals surface area contributed by atoms with Crippen LogP contribution in [-0.2, 0) is 0 Å². The summed E-state index contributed by atoms with van der Waals surface area (Å²) in [7, 11) is 0. The molecular formula is C13H26N2. The first-order valence-corrected chi connectivity index (χ1v) is 6.80. The minimum atomic E-state index is 0.816. The van der Waals surface area contributed by atoms with E-state index in [-0.39, 0.29) is 0 Å². The summed E-state index contributed by atoms with van der Waals surface area (Å²) in [5.41, 5.74) is 0. The monoisotopic (exact) mass is 210 g/mol. The van der Waals surface area contributed by atoms with Crippen molar-refractivity contribution in [1.29, 1.82) is 0 Å². The van der Waals surface area contributed by atoms with Crippen LogP contribution in [0.4, 0.5) is 0 Å². The molecule has 2 nitrogen and oxygen atoms in total. The van der Waals surface area contributed by atoms with Crippen molar-refractivity contribution in [1.82, 2.24) is 10.2 Å². The summed E-state index contributed by atoms with van der Waals surface area (Å²) < 4.78 is 0. The summed E-state index contributed by atoms with van der Waals surface area (Å²) in [6.07, 6.45) is 8.46. The fraction of sp³-hybridized carbons (Fsp3) is 1.00. The zero-order chi connectivity index (χ0) is 10.5. The van der Waals surface area contributed by atoms with Crippen molar-refractivity contribution in [3.63, 3.8) is 0 Å². The van der Waals surface area contributed by atoms with Gasteiger partial charge in [0, 0.05) is 12.6 Å². The van der Waals surface area contributed by atoms with E-state index in [0.29, 0.717) is 0 Å². The molecule has 2 aliphatic heterocycles. The smallest absolute Gasteiger partial charge is 0.00792 e. The Morgan fingerprint density at radius 3 is 2.87 bits per heavy atom. The van der Waals surface area contributed by atoms with Gasteiger partial charge in [0.1, 0.15) is 0 Å². The van der Waals surface area contributed by atoms with Gasteiger partial charge < -0.3 is 10.2 Å². The van der Waals surface area contributed by atoms with Gasteiger partial charge in [-0.15, -0.1) is 0 Å². The first-order valence-electron chi connectivity index (χ1n) is 6.80. The minimum Gasteiger partial charge on any atom is -0.314 e. The number of nitrogens with zero attached hydrogens (tertiary/aromatic N) is 1. The minimum absolute atomic E-state index is 0.816. The molecule has 0 aromatic carbocycles. The van der Waals surface area contributed by atoms with Crippen LogP contribution in [0.15, 0.2) is 0 Å². The van der Waals surface area contributed by atoms with Crippen molar-refractivity contribution in [3.8, 4) is 0 Å². The number of piperidine rings is 2. The van der Waals surface area contributed by atoms with Crippen molar-refractivity contribution in [2.45, 2.75) is 51.5 Å². The Kier molecular flexibility index (Phi) is 4.45. The fourth-order valence-electron chi connectivity index (χ4n) is 3.00. The van der Waals surface area contributed by atoms with E-state index in [9.17, 15) is 0 Å². The lowest BCUT2D eigenvalue weighted by molar-refractivity contribution is 0.172. The molecule has 1 N–H and O–H groups in total. The summed E-state index contributed by atoms with van der Waals surface area (Å²) in [4.78, 5) is 2.67. The van der Waals surface area contributed by atoms with Crippen molar-refractivity contribution < 1.29 is 0 Å². The van der Waals surface area contributed by atoms with Gasteiger partial charge >= 0.3 is 0 Å². The summed E-state index contributed by atoms with van der Waals surface area (Å²) in [6.45, 7) is 7.65. The topological polar surface area (TPSA) is 15.3 Å². The Labute approximate surface area is 94.4 Å². The van der Waals surface area contributed by atoms with Gasteiger partial charge in [-0.05, 0) is 57.7 Å². The van der Waals surface area contributed by atoms with Gasteiger partial charge in [-0.25, -0.2) is 0 Å². The second-order valence-corrected chi connectivity index (χ2v) is 5.48. The Morgan fingerprint density at radius 2 is 2.13 bits per heavy atom. The third kappa shape index (κ3) is 3.76. The first kappa shape index (κ1) is 11.4. The largest absolute Gasteiger partial charge is 0.314 e. The van der Waals surface area contributed by atoms with E-state index in [2.05, 4.69) is 17.1 Å². The molecule has 0 aliphatic carbocycles. The Morgan fingerprint density at radius 1 is 1.20 bits per heavy atom. The number of hydrogen-bond acceptors (Lipinski definition) is 2. The van der Waals surface area contributed by atoms with Crippen LogP contribution < -0.4 is 5.32 Å². The van der Waals surface area contributed by atoms with E-state index >= 15 is 0 Å². The highest BCUT2D eigenvalue weighted by Gasteiger charge is 2.18. The molecule has 2 saturated heterocycles. The molecule has 0 unspecified atom stereocenters. The van der Waals surface area contributed by atoms with Crippen LogP contribution in [-0.4, -0.2) is 37.1 Å². The molecule has 88 valence electrons. The second-order valence-electron chi connectivity index (χ2n) is 5.48. The number of hydrogen-bond donors (Lipinski definition) is 1. The summed E-state index contributed by atoms with van der Waals surface area (Å²) in [6, 6.07) is 0.816. The van der Waals surface area contributed by atoms with Crippen molar-refractivity contribution in [2.75, 3.05) is 26.2 Å². The predicted molar refractivity (Wildman–Crippen MR) is 65.1 cm³/mol. The molecule has 2 rings (SSSR count). The highest BCUT2D eigenvalue weighted by molar-refractivity contribution is 4.76. The highest BCUT2D eigenvalue weighted by atomic mass is 15.1. The van der Waals surface area contributed by atoms with Crippen LogP contribution in [0.3, 0.4) is 0 Å². The van der Waals surface area contributed by atoms with Crippen LogP contribution in [0.2, 0.25) is 0 Å². The number of nitrogens with one attached hydrogen (secondary N) is 1. The maximum Gasteiger partial charge on any atom is 0.00792 e. The fourth-order valence-corrected chi connectivity index (χ4v) is 3.00. The molecule has 0 spiro atoms. The Balaban J connectivity index is 1.63. The Bertz CT molecular complexity index is 175. The molecular weight excluding hydrogens is 184 g/mol. The third-order valence-electron chi connectivity index (χ3n) is 3.95. The zero-order valence-corrected chi connectivity index (χ0v) is 10.2. The molecule has 0 radical (unpaired) electrons. The van der Waals surface area contributed by atoms with Crippen LogP contribution >= 0.6 is 0 Å². The Hall–Kier alpha value is -0.0800. The molecule has 0 aromatic heterocycles. The second kappa shape index (κ2) is 5.86. The third-order valence-corrected chi connectivity index (χ3v) is 3.95. The van der Waals surface area contributed by atoms with Crippen molar-refractivity contribution >= 4 is 0 Å². The molecule has 2 fully saturated rings. The molecule has 0 bridgehead atoms. The van der Waals surface area contributed by atoms with Crippen LogP contribution in [0.25, 0.3) is 0 Å². The van der Waals surface area contributed by atoms with Gasteiger partial charge in [-0.1, -0.05) is 13.3 Å². The maximum atomic E-state index is 3.64. The van der Waals surface area contributed by atoms with E-state index in [1.807, 2.05) is 0 Å². The van der Waals surface area contributed by atoms with E-state index < -0.39 is 0 Å². The van der Waals surface area contributed by atoms with Crippen LogP contribution in [0, 0.1) is 5.92 Å². The SMILES string of the molecule is C[C@H]1CCCN(CC[C@H]2CCCCN2)C1. The molecule has 15 heavy (non-hydrogen) atoms. The van der Waals surface area contributed by atoms with Gasteiger partial charge in [0.05, 0.1) is 0 Å². The van der Waals surface area contributed by atoms with Crippen LogP contribution in [0.5, 0.6) is 0 Å². The highest BCUT2D eigenvalue weighted by Crippen LogP contribution is 2.17. The molecule has 2 heterocycles. The lowest BCUT2D eigenvalue weighted by atomic mass is 9.98. The summed E-state index contributed by atoms with van der Waals surface area (Å²) in [5, 5.41) is 3.64. The standard InChI is InChI=1S/C13H26N2/c1-12-5-4-9-15(11-12)10-7-13-6-2-3-8-14-13/h12-14H,2-11H2,1H3/t12-,13+/m0/s1. The zero-order valence-electron chi connectivity index (χ0n) is 10.2. The number of rotatable bonds is 3. The van der Waals surface area contributed by atoms with Gasteiger partial charge in [0.2, 0.25) is 0 Å². The van der Waals surface area contributed by atoms with Gasteiger partial charge in [0.15, 0.2) is 0 Å². The first-order chi connectivity index (χ1) is 7.34. The normalized spacial score (nSPS) is 34.2. The molecule has 2 heteroatoms. The van der Waals surface area contributed by atoms with E-state index in [0.717, 1.165) is 12.0 Å². The quantitative estimate of drug-likeness (QED) is 0.768. The lowest BCUT2D eigenvalue weighted by Crippen LogP contribution is -2.40. The lowest BCUT2D eigenvalue weighted by Gasteiger charge is -2.32. The molecule has 0 amide bonds. The summed E-state index contributed by atoms with van der Waals surface area (Å²) in [5.74, 6) is 0.929. The van der Waals surface area contributed by atoms with Gasteiger partial charge in [-0.2, -0.15) is 0 Å². The molecule has 0 saturated carbocycles.